The van der Waals surface area contributed by atoms with Crippen molar-refractivity contribution in [2.24, 2.45) is 0 Å². The topological polar surface area (TPSA) is 50.2 Å². The van der Waals surface area contributed by atoms with Gasteiger partial charge in [0.1, 0.15) is 11.2 Å². The molecule has 0 bridgehead atoms. The minimum atomic E-state index is -0.989. The number of hydrogen-bond donors (Lipinski definition) is 1. The van der Waals surface area contributed by atoms with Crippen LogP contribution < -0.4 is 0 Å². The maximum atomic E-state index is 12.8. The molecular formula is C14H14FNO2S. The van der Waals surface area contributed by atoms with E-state index >= 15 is 0 Å². The van der Waals surface area contributed by atoms with E-state index in [2.05, 4.69) is 4.98 Å². The van der Waals surface area contributed by atoms with E-state index < -0.39 is 11.4 Å². The zero-order chi connectivity index (χ0) is 14.0. The Bertz CT molecular complexity index is 590. The molecule has 2 aromatic rings. The zero-order valence-corrected chi connectivity index (χ0v) is 11.5. The molecule has 0 unspecified atom stereocenters. The molecule has 0 saturated heterocycles. The van der Waals surface area contributed by atoms with Crippen LogP contribution in [0.25, 0.3) is 0 Å². The van der Waals surface area contributed by atoms with Gasteiger partial charge in [0.2, 0.25) is 0 Å². The molecule has 0 atom stereocenters. The van der Waals surface area contributed by atoms with Crippen LogP contribution in [0.3, 0.4) is 0 Å². The van der Waals surface area contributed by atoms with Gasteiger partial charge in [-0.05, 0) is 31.5 Å². The second-order valence-corrected chi connectivity index (χ2v) is 5.80. The van der Waals surface area contributed by atoms with Crippen molar-refractivity contribution < 1.29 is 14.3 Å². The third-order valence-electron chi connectivity index (χ3n) is 3.00. The lowest BCUT2D eigenvalue weighted by Crippen LogP contribution is -2.28. The van der Waals surface area contributed by atoms with Gasteiger partial charge in [0.15, 0.2) is 0 Å². The van der Waals surface area contributed by atoms with Crippen LogP contribution in [0.1, 0.15) is 30.1 Å². The monoisotopic (exact) mass is 279 g/mol. The number of benzene rings is 1. The molecule has 0 radical (unpaired) electrons. The van der Waals surface area contributed by atoms with Crippen molar-refractivity contribution in [2.45, 2.75) is 25.7 Å². The quantitative estimate of drug-likeness (QED) is 0.934. The summed E-state index contributed by atoms with van der Waals surface area (Å²) in [6, 6.07) is 6.23. The average Bonchev–Trinajstić information content (AvgIpc) is 2.81. The van der Waals surface area contributed by atoms with Gasteiger partial charge in [-0.3, -0.25) is 4.79 Å². The van der Waals surface area contributed by atoms with E-state index in [1.165, 1.54) is 23.5 Å². The lowest BCUT2D eigenvalue weighted by molar-refractivity contribution is -0.142. The lowest BCUT2D eigenvalue weighted by Gasteiger charge is -2.15. The van der Waals surface area contributed by atoms with E-state index in [1.807, 2.05) is 0 Å². The number of thiazole rings is 1. The molecule has 0 aliphatic carbocycles. The lowest BCUT2D eigenvalue weighted by atomic mass is 9.90. The molecule has 0 fully saturated rings. The van der Waals surface area contributed by atoms with Crippen LogP contribution in [-0.2, 0) is 16.6 Å². The zero-order valence-electron chi connectivity index (χ0n) is 10.7. The largest absolute Gasteiger partial charge is 0.481 e. The van der Waals surface area contributed by atoms with Crippen LogP contribution in [-0.4, -0.2) is 16.1 Å². The van der Waals surface area contributed by atoms with Gasteiger partial charge in [0, 0.05) is 11.8 Å². The van der Waals surface area contributed by atoms with Crippen LogP contribution in [0.4, 0.5) is 4.39 Å². The van der Waals surface area contributed by atoms with Gasteiger partial charge in [0.05, 0.1) is 10.7 Å². The summed E-state index contributed by atoms with van der Waals surface area (Å²) in [4.78, 5) is 15.5. The van der Waals surface area contributed by atoms with Crippen molar-refractivity contribution in [3.8, 4) is 0 Å². The van der Waals surface area contributed by atoms with Crippen molar-refractivity contribution in [3.05, 3.63) is 51.7 Å². The van der Waals surface area contributed by atoms with E-state index in [0.29, 0.717) is 12.1 Å². The van der Waals surface area contributed by atoms with Crippen LogP contribution in [0, 0.1) is 5.82 Å². The number of halogens is 1. The van der Waals surface area contributed by atoms with Gasteiger partial charge >= 0.3 is 5.97 Å². The summed E-state index contributed by atoms with van der Waals surface area (Å²) >= 11 is 1.42. The Hall–Kier alpha value is -1.75. The van der Waals surface area contributed by atoms with E-state index in [4.69, 9.17) is 5.11 Å². The minimum absolute atomic E-state index is 0.268. The van der Waals surface area contributed by atoms with Crippen molar-refractivity contribution in [2.75, 3.05) is 0 Å². The summed E-state index contributed by atoms with van der Waals surface area (Å²) in [5.74, 6) is -1.17. The van der Waals surface area contributed by atoms with Crippen LogP contribution in [0.5, 0.6) is 0 Å². The number of carboxylic acids is 1. The highest BCUT2D eigenvalue weighted by molar-refractivity contribution is 7.09. The van der Waals surface area contributed by atoms with E-state index in [1.54, 1.807) is 31.4 Å². The number of carboxylic acid groups (broad SMARTS) is 1. The highest BCUT2D eigenvalue weighted by Crippen LogP contribution is 2.26. The molecule has 19 heavy (non-hydrogen) atoms. The molecule has 1 heterocycles. The molecule has 0 saturated carbocycles. The average molecular weight is 279 g/mol. The molecule has 0 spiro atoms. The van der Waals surface area contributed by atoms with E-state index in [-0.39, 0.29) is 5.82 Å². The van der Waals surface area contributed by atoms with Gasteiger partial charge in [-0.25, -0.2) is 9.37 Å². The maximum absolute atomic E-state index is 12.8. The summed E-state index contributed by atoms with van der Waals surface area (Å²) in [6.07, 6.45) is 0.584. The Labute approximate surface area is 114 Å². The second kappa shape index (κ2) is 5.09. The Morgan fingerprint density at radius 2 is 2.00 bits per heavy atom. The third-order valence-corrected chi connectivity index (χ3v) is 3.84. The molecule has 1 N–H and O–H groups in total. The number of nitrogens with zero attached hydrogens (tertiary/aromatic N) is 1. The Kier molecular flexibility index (Phi) is 3.66. The normalized spacial score (nSPS) is 11.5. The molecule has 2 rings (SSSR count). The van der Waals surface area contributed by atoms with Crippen LogP contribution in [0.2, 0.25) is 0 Å². The molecule has 1 aromatic heterocycles. The fourth-order valence-corrected chi connectivity index (χ4v) is 2.56. The first-order chi connectivity index (χ1) is 8.89. The molecule has 1 aromatic carbocycles. The summed E-state index contributed by atoms with van der Waals surface area (Å²) in [5.41, 5.74) is 0.523. The molecule has 0 aliphatic rings. The maximum Gasteiger partial charge on any atom is 0.315 e. The first kappa shape index (κ1) is 13.7. The number of carbonyl (C=O) groups is 1. The Balaban J connectivity index is 2.18. The smallest absolute Gasteiger partial charge is 0.315 e. The van der Waals surface area contributed by atoms with Crippen LogP contribution >= 0.6 is 11.3 Å². The molecule has 0 aliphatic heterocycles. The summed E-state index contributed by atoms with van der Waals surface area (Å²) in [7, 11) is 0. The van der Waals surface area contributed by atoms with Gasteiger partial charge in [0.25, 0.3) is 0 Å². The molecule has 100 valence electrons. The molecule has 3 nitrogen and oxygen atoms in total. The first-order valence-electron chi connectivity index (χ1n) is 5.82. The van der Waals surface area contributed by atoms with Crippen molar-refractivity contribution in [1.82, 2.24) is 4.98 Å². The SMILES string of the molecule is CC(C)(C(=O)O)c1csc(Cc2ccc(F)cc2)n1. The van der Waals surface area contributed by atoms with Gasteiger partial charge < -0.3 is 5.11 Å². The number of aromatic nitrogens is 1. The van der Waals surface area contributed by atoms with Crippen molar-refractivity contribution in [3.63, 3.8) is 0 Å². The highest BCUT2D eigenvalue weighted by atomic mass is 32.1. The Morgan fingerprint density at radius 1 is 1.37 bits per heavy atom. The standard InChI is InChI=1S/C14H14FNO2S/c1-14(2,13(17)18)11-8-19-12(16-11)7-9-3-5-10(15)6-4-9/h3-6,8H,7H2,1-2H3,(H,17,18). The summed E-state index contributed by atoms with van der Waals surface area (Å²) in [5, 5.41) is 11.7. The minimum Gasteiger partial charge on any atom is -0.481 e. The molecule has 5 heteroatoms. The third kappa shape index (κ3) is 2.98. The predicted molar refractivity (Wildman–Crippen MR) is 72.0 cm³/mol. The second-order valence-electron chi connectivity index (χ2n) is 4.86. The fourth-order valence-electron chi connectivity index (χ4n) is 1.57. The number of rotatable bonds is 4. The van der Waals surface area contributed by atoms with Gasteiger partial charge in [-0.1, -0.05) is 12.1 Å². The highest BCUT2D eigenvalue weighted by Gasteiger charge is 2.31. The number of hydrogen-bond acceptors (Lipinski definition) is 3. The molecular weight excluding hydrogens is 265 g/mol. The summed E-state index contributed by atoms with van der Waals surface area (Å²) in [6.45, 7) is 3.26. The Morgan fingerprint density at radius 3 is 2.58 bits per heavy atom. The first-order valence-corrected chi connectivity index (χ1v) is 6.70. The summed E-state index contributed by atoms with van der Waals surface area (Å²) < 4.78 is 12.8. The van der Waals surface area contributed by atoms with Crippen molar-refractivity contribution in [1.29, 1.82) is 0 Å². The predicted octanol–water partition coefficient (Wildman–Crippen LogP) is 3.24. The van der Waals surface area contributed by atoms with Gasteiger partial charge in [-0.15, -0.1) is 11.3 Å². The fraction of sp³-hybridized carbons (Fsp3) is 0.286. The van der Waals surface area contributed by atoms with E-state index in [0.717, 1.165) is 10.6 Å². The van der Waals surface area contributed by atoms with Gasteiger partial charge in [-0.2, -0.15) is 0 Å². The van der Waals surface area contributed by atoms with E-state index in [9.17, 15) is 9.18 Å². The van der Waals surface area contributed by atoms with Crippen LogP contribution in [0.15, 0.2) is 29.6 Å². The number of aliphatic carboxylic acids is 1. The van der Waals surface area contributed by atoms with Crippen molar-refractivity contribution >= 4 is 17.3 Å². The molecule has 0 amide bonds.